The molecule has 1 aliphatic heterocycles. The Bertz CT molecular complexity index is 1070. The van der Waals surface area contributed by atoms with Crippen LogP contribution < -0.4 is 10.6 Å². The number of anilines is 1. The highest BCUT2D eigenvalue weighted by Gasteiger charge is 2.35. The molecule has 0 unspecified atom stereocenters. The van der Waals surface area contributed by atoms with Crippen molar-refractivity contribution in [2.75, 3.05) is 38.5 Å². The van der Waals surface area contributed by atoms with Crippen molar-refractivity contribution in [2.24, 2.45) is 5.92 Å². The van der Waals surface area contributed by atoms with E-state index in [2.05, 4.69) is 10.6 Å². The van der Waals surface area contributed by atoms with Crippen molar-refractivity contribution in [1.82, 2.24) is 15.1 Å². The van der Waals surface area contributed by atoms with Crippen molar-refractivity contribution >= 4 is 17.5 Å². The third-order valence-electron chi connectivity index (χ3n) is 6.60. The number of nitrogens with one attached hydrogen (secondary N) is 2. The molecule has 6 nitrogen and oxygen atoms in total. The number of carbonyl (C=O) groups is 2. The normalized spacial score (nSPS) is 15.5. The number of fused-ring (bicyclic) bond motifs is 1. The second-order valence-corrected chi connectivity index (χ2v) is 9.15. The topological polar surface area (TPSA) is 64.7 Å². The van der Waals surface area contributed by atoms with Crippen molar-refractivity contribution in [3.8, 4) is 0 Å². The van der Waals surface area contributed by atoms with Crippen LogP contribution >= 0.6 is 0 Å². The Morgan fingerprint density at radius 1 is 1.11 bits per heavy atom. The summed E-state index contributed by atoms with van der Waals surface area (Å²) in [5.41, 5.74) is 2.33. The van der Waals surface area contributed by atoms with Gasteiger partial charge in [0.25, 0.3) is 0 Å². The SMILES string of the molecule is CNCCN(Cc1ccccc1C(F)(F)F)C(=O)CNc1cccc2c1CCN(C(=O)C1CC1)C2. The Balaban J connectivity index is 1.43. The number of carbonyl (C=O) groups excluding carboxylic acids is 2. The molecule has 1 heterocycles. The van der Waals surface area contributed by atoms with Gasteiger partial charge in [0, 0.05) is 44.3 Å². The molecule has 2 aliphatic rings. The molecule has 0 bridgehead atoms. The van der Waals surface area contributed by atoms with E-state index in [1.165, 1.54) is 17.0 Å². The Labute approximate surface area is 203 Å². The lowest BCUT2D eigenvalue weighted by molar-refractivity contribution is -0.139. The molecule has 2 aromatic rings. The number of rotatable bonds is 9. The van der Waals surface area contributed by atoms with Gasteiger partial charge in [-0.3, -0.25) is 9.59 Å². The summed E-state index contributed by atoms with van der Waals surface area (Å²) in [6.45, 7) is 1.82. The highest BCUT2D eigenvalue weighted by Crippen LogP contribution is 2.34. The zero-order valence-electron chi connectivity index (χ0n) is 19.8. The molecule has 0 saturated heterocycles. The van der Waals surface area contributed by atoms with E-state index in [9.17, 15) is 22.8 Å². The molecule has 0 aromatic heterocycles. The fourth-order valence-electron chi connectivity index (χ4n) is 4.51. The van der Waals surface area contributed by atoms with Gasteiger partial charge in [-0.05, 0) is 55.1 Å². The van der Waals surface area contributed by atoms with Crippen molar-refractivity contribution in [1.29, 1.82) is 0 Å². The lowest BCUT2D eigenvalue weighted by Gasteiger charge is -2.31. The van der Waals surface area contributed by atoms with E-state index in [0.29, 0.717) is 26.1 Å². The Morgan fingerprint density at radius 3 is 2.60 bits per heavy atom. The van der Waals surface area contributed by atoms with Gasteiger partial charge in [-0.1, -0.05) is 30.3 Å². The first-order valence-corrected chi connectivity index (χ1v) is 12.0. The van der Waals surface area contributed by atoms with E-state index in [1.54, 1.807) is 13.1 Å². The predicted octanol–water partition coefficient (Wildman–Crippen LogP) is 3.66. The average molecular weight is 489 g/mol. The van der Waals surface area contributed by atoms with Gasteiger partial charge < -0.3 is 20.4 Å². The van der Waals surface area contributed by atoms with Gasteiger partial charge in [-0.15, -0.1) is 0 Å². The second-order valence-electron chi connectivity index (χ2n) is 9.15. The summed E-state index contributed by atoms with van der Waals surface area (Å²) in [6.07, 6.45) is -1.83. The van der Waals surface area contributed by atoms with Crippen molar-refractivity contribution in [2.45, 2.75) is 38.5 Å². The molecule has 2 amide bonds. The number of alkyl halides is 3. The number of likely N-dealkylation sites (N-methyl/N-ethyl adjacent to an activating group) is 1. The molecule has 188 valence electrons. The maximum atomic E-state index is 13.5. The molecule has 2 N–H and O–H groups in total. The quantitative estimate of drug-likeness (QED) is 0.566. The van der Waals surface area contributed by atoms with Crippen LogP contribution in [0.5, 0.6) is 0 Å². The smallest absolute Gasteiger partial charge is 0.376 e. The van der Waals surface area contributed by atoms with E-state index < -0.39 is 11.7 Å². The Kier molecular flexibility index (Phi) is 7.64. The second kappa shape index (κ2) is 10.7. The summed E-state index contributed by atoms with van der Waals surface area (Å²) >= 11 is 0. The maximum Gasteiger partial charge on any atom is 0.416 e. The lowest BCUT2D eigenvalue weighted by Crippen LogP contribution is -2.40. The highest BCUT2D eigenvalue weighted by molar-refractivity contribution is 5.82. The number of amides is 2. The average Bonchev–Trinajstić information content (AvgIpc) is 3.69. The van der Waals surface area contributed by atoms with E-state index in [-0.39, 0.29) is 42.9 Å². The van der Waals surface area contributed by atoms with Gasteiger partial charge >= 0.3 is 6.18 Å². The van der Waals surface area contributed by atoms with Gasteiger partial charge in [-0.2, -0.15) is 13.2 Å². The standard InChI is InChI=1S/C26H31F3N4O2/c1-30-12-14-32(17-20-5-2-3-7-22(20)26(27,28)29)24(34)15-31-23-8-4-6-19-16-33(13-11-21(19)23)25(35)18-9-10-18/h2-8,18,30-31H,9-17H2,1H3. The molecular weight excluding hydrogens is 457 g/mol. The molecule has 1 aliphatic carbocycles. The van der Waals surface area contributed by atoms with E-state index in [1.807, 2.05) is 23.1 Å². The van der Waals surface area contributed by atoms with E-state index in [4.69, 9.17) is 0 Å². The molecule has 0 atom stereocenters. The third-order valence-corrected chi connectivity index (χ3v) is 6.60. The molecule has 0 radical (unpaired) electrons. The summed E-state index contributed by atoms with van der Waals surface area (Å²) < 4.78 is 40.4. The highest BCUT2D eigenvalue weighted by atomic mass is 19.4. The van der Waals surface area contributed by atoms with Crippen molar-refractivity contribution in [3.63, 3.8) is 0 Å². The van der Waals surface area contributed by atoms with Crippen LogP contribution in [0.15, 0.2) is 42.5 Å². The first-order valence-electron chi connectivity index (χ1n) is 12.0. The van der Waals surface area contributed by atoms with Crippen LogP contribution in [-0.4, -0.2) is 54.8 Å². The van der Waals surface area contributed by atoms with Gasteiger partial charge in [0.05, 0.1) is 12.1 Å². The van der Waals surface area contributed by atoms with Crippen LogP contribution in [0.1, 0.15) is 35.1 Å². The van der Waals surface area contributed by atoms with Gasteiger partial charge in [0.2, 0.25) is 11.8 Å². The number of nitrogens with zero attached hydrogens (tertiary/aromatic N) is 2. The minimum atomic E-state index is -4.48. The maximum absolute atomic E-state index is 13.5. The van der Waals surface area contributed by atoms with Crippen LogP contribution in [-0.2, 0) is 35.3 Å². The van der Waals surface area contributed by atoms with Crippen LogP contribution in [0, 0.1) is 5.92 Å². The molecule has 1 saturated carbocycles. The number of hydrogen-bond donors (Lipinski definition) is 2. The van der Waals surface area contributed by atoms with Crippen LogP contribution in [0.25, 0.3) is 0 Å². The van der Waals surface area contributed by atoms with E-state index >= 15 is 0 Å². The van der Waals surface area contributed by atoms with Crippen LogP contribution in [0.3, 0.4) is 0 Å². The van der Waals surface area contributed by atoms with Crippen LogP contribution in [0.2, 0.25) is 0 Å². The van der Waals surface area contributed by atoms with E-state index in [0.717, 1.165) is 35.7 Å². The summed E-state index contributed by atoms with van der Waals surface area (Å²) in [4.78, 5) is 28.9. The van der Waals surface area contributed by atoms with Gasteiger partial charge in [0.1, 0.15) is 0 Å². The first kappa shape index (κ1) is 25.0. The summed E-state index contributed by atoms with van der Waals surface area (Å²) in [6, 6.07) is 11.2. The predicted molar refractivity (Wildman–Crippen MR) is 128 cm³/mol. The molecule has 4 rings (SSSR count). The Hall–Kier alpha value is -3.07. The summed E-state index contributed by atoms with van der Waals surface area (Å²) in [7, 11) is 1.73. The fraction of sp³-hybridized carbons (Fsp3) is 0.462. The lowest BCUT2D eigenvalue weighted by atomic mass is 9.97. The number of benzene rings is 2. The first-order chi connectivity index (χ1) is 16.8. The Morgan fingerprint density at radius 2 is 1.89 bits per heavy atom. The summed E-state index contributed by atoms with van der Waals surface area (Å²) in [5.74, 6) is 0.126. The molecule has 9 heteroatoms. The molecule has 35 heavy (non-hydrogen) atoms. The van der Waals surface area contributed by atoms with Crippen molar-refractivity contribution < 1.29 is 22.8 Å². The molecule has 2 aromatic carbocycles. The molecule has 0 spiro atoms. The van der Waals surface area contributed by atoms with Crippen LogP contribution in [0.4, 0.5) is 18.9 Å². The minimum absolute atomic E-state index is 0.0287. The third kappa shape index (κ3) is 6.14. The number of hydrogen-bond acceptors (Lipinski definition) is 4. The number of halogens is 3. The largest absolute Gasteiger partial charge is 0.416 e. The van der Waals surface area contributed by atoms with Crippen molar-refractivity contribution in [3.05, 3.63) is 64.7 Å². The summed E-state index contributed by atoms with van der Waals surface area (Å²) in [5, 5.41) is 6.16. The zero-order valence-corrected chi connectivity index (χ0v) is 19.8. The molecule has 1 fully saturated rings. The molecular formula is C26H31F3N4O2. The van der Waals surface area contributed by atoms with Gasteiger partial charge in [-0.25, -0.2) is 0 Å². The van der Waals surface area contributed by atoms with Gasteiger partial charge in [0.15, 0.2) is 0 Å². The fourth-order valence-corrected chi connectivity index (χ4v) is 4.51. The zero-order chi connectivity index (χ0) is 25.0. The monoisotopic (exact) mass is 488 g/mol. The minimum Gasteiger partial charge on any atom is -0.376 e.